The topological polar surface area (TPSA) is 180 Å². The molecule has 2 heterocycles. The van der Waals surface area contributed by atoms with E-state index in [0.29, 0.717) is 19.4 Å². The van der Waals surface area contributed by atoms with E-state index in [9.17, 15) is 28.8 Å². The maximum atomic E-state index is 14.6. The number of Topliss-reactive ketones (excluding diaryl/α,β-unsaturated/α-hetero) is 1. The van der Waals surface area contributed by atoms with Crippen LogP contribution in [0.1, 0.15) is 103 Å². The zero-order valence-electron chi connectivity index (χ0n) is 30.2. The first-order valence-electron chi connectivity index (χ1n) is 18.1. The van der Waals surface area contributed by atoms with E-state index in [1.807, 2.05) is 34.6 Å². The van der Waals surface area contributed by atoms with Gasteiger partial charge in [-0.1, -0.05) is 72.8 Å². The van der Waals surface area contributed by atoms with Crippen LogP contribution in [0.5, 0.6) is 0 Å². The highest BCUT2D eigenvalue weighted by atomic mass is 16.2. The van der Waals surface area contributed by atoms with Gasteiger partial charge in [-0.15, -0.1) is 6.58 Å². The van der Waals surface area contributed by atoms with Gasteiger partial charge in [0.1, 0.15) is 23.8 Å². The summed E-state index contributed by atoms with van der Waals surface area (Å²) < 4.78 is 0. The monoisotopic (exact) mass is 693 g/mol. The van der Waals surface area contributed by atoms with Crippen LogP contribution in [0.2, 0.25) is 0 Å². The number of hydrogen-bond donors (Lipinski definition) is 4. The minimum absolute atomic E-state index is 0.0340. The van der Waals surface area contributed by atoms with Crippen molar-refractivity contribution in [1.29, 1.82) is 0 Å². The second kappa shape index (κ2) is 17.2. The summed E-state index contributed by atoms with van der Waals surface area (Å²) in [5.41, 5.74) is -0.671. The molecule has 1 unspecified atom stereocenters. The van der Waals surface area contributed by atoms with Crippen molar-refractivity contribution in [3.63, 3.8) is 0 Å². The molecule has 13 heteroatoms. The van der Waals surface area contributed by atoms with Crippen molar-refractivity contribution in [1.82, 2.24) is 36.1 Å². The number of likely N-dealkylation sites (tertiary alicyclic amines) is 1. The van der Waals surface area contributed by atoms with Gasteiger partial charge in [-0.25, -0.2) is 4.98 Å². The number of ketones is 1. The van der Waals surface area contributed by atoms with Crippen LogP contribution in [-0.4, -0.2) is 87.4 Å². The highest BCUT2D eigenvalue weighted by Crippen LogP contribution is 2.36. The van der Waals surface area contributed by atoms with Crippen LogP contribution in [-0.2, 0) is 24.0 Å². The van der Waals surface area contributed by atoms with Gasteiger partial charge in [-0.2, -0.15) is 0 Å². The number of amides is 5. The first-order valence-corrected chi connectivity index (χ1v) is 18.1. The summed E-state index contributed by atoms with van der Waals surface area (Å²) in [5.74, 6) is -3.45. The Morgan fingerprint density at radius 1 is 0.960 bits per heavy atom. The van der Waals surface area contributed by atoms with Gasteiger partial charge in [0.05, 0.1) is 12.2 Å². The van der Waals surface area contributed by atoms with Crippen LogP contribution in [0.25, 0.3) is 0 Å². The molecule has 50 heavy (non-hydrogen) atoms. The van der Waals surface area contributed by atoms with E-state index < -0.39 is 64.9 Å². The van der Waals surface area contributed by atoms with Crippen molar-refractivity contribution >= 4 is 35.3 Å². The fourth-order valence-corrected chi connectivity index (χ4v) is 7.23. The maximum absolute atomic E-state index is 14.6. The van der Waals surface area contributed by atoms with Gasteiger partial charge in [0.15, 0.2) is 0 Å². The number of nitrogens with zero attached hydrogens (tertiary/aromatic N) is 3. The third-order valence-electron chi connectivity index (χ3n) is 10.3. The molecule has 4 rings (SSSR count). The molecule has 3 fully saturated rings. The molecule has 4 N–H and O–H groups in total. The molecule has 5 amide bonds. The van der Waals surface area contributed by atoms with Gasteiger partial charge < -0.3 is 26.2 Å². The smallest absolute Gasteiger partial charge is 0.289 e. The molecule has 3 aliphatic rings. The van der Waals surface area contributed by atoms with Crippen LogP contribution in [0.3, 0.4) is 0 Å². The summed E-state index contributed by atoms with van der Waals surface area (Å²) >= 11 is 0. The fraction of sp³-hybridized carbons (Fsp3) is 0.676. The lowest BCUT2D eigenvalue weighted by Gasteiger charge is -2.38. The van der Waals surface area contributed by atoms with Gasteiger partial charge in [-0.05, 0) is 54.8 Å². The predicted octanol–water partition coefficient (Wildman–Crippen LogP) is 2.72. The van der Waals surface area contributed by atoms with Crippen LogP contribution in [0.15, 0.2) is 31.2 Å². The van der Waals surface area contributed by atoms with Gasteiger partial charge in [0.2, 0.25) is 23.5 Å². The Hall–Kier alpha value is -4.16. The number of nitrogens with one attached hydrogen (secondary N) is 4. The summed E-state index contributed by atoms with van der Waals surface area (Å²) in [6, 6.07) is -3.84. The lowest BCUT2D eigenvalue weighted by atomic mass is 9.82. The van der Waals surface area contributed by atoms with Crippen LogP contribution in [0.4, 0.5) is 0 Å². The number of aromatic nitrogens is 2. The quantitative estimate of drug-likeness (QED) is 0.160. The Kier molecular flexibility index (Phi) is 13.3. The molecule has 0 radical (unpaired) electrons. The lowest BCUT2D eigenvalue weighted by Crippen LogP contribution is -2.62. The van der Waals surface area contributed by atoms with Crippen LogP contribution in [0, 0.1) is 29.1 Å². The van der Waals surface area contributed by atoms with Crippen LogP contribution >= 0.6 is 0 Å². The van der Waals surface area contributed by atoms with Crippen molar-refractivity contribution in [2.75, 3.05) is 13.1 Å². The highest BCUT2D eigenvalue weighted by molar-refractivity contribution is 6.38. The molecule has 2 saturated carbocycles. The van der Waals surface area contributed by atoms with Crippen molar-refractivity contribution in [2.24, 2.45) is 29.1 Å². The van der Waals surface area contributed by atoms with Crippen molar-refractivity contribution in [3.05, 3.63) is 36.9 Å². The minimum atomic E-state index is -1.02. The van der Waals surface area contributed by atoms with E-state index in [4.69, 9.17) is 0 Å². The normalized spacial score (nSPS) is 21.4. The summed E-state index contributed by atoms with van der Waals surface area (Å²) in [6.07, 6.45) is 12.9. The molecule has 1 aliphatic heterocycles. The first kappa shape index (κ1) is 38.6. The SMILES string of the molecule is C=CCNC(=O)C(=O)C(CC1CC1)NC(=O)[C@@H]1[C@@H](C(C)C)CCN1C(=O)[C@@H](NC(=O)[C@@H](NC(=O)c1cnccn1)C1CCCCC1)C(C)(C)C. The summed E-state index contributed by atoms with van der Waals surface area (Å²) in [6.45, 7) is 13.5. The second-order valence-corrected chi connectivity index (χ2v) is 15.5. The van der Waals surface area contributed by atoms with Gasteiger partial charge >= 0.3 is 0 Å². The Bertz CT molecular complexity index is 1400. The van der Waals surface area contributed by atoms with E-state index in [-0.39, 0.29) is 35.9 Å². The van der Waals surface area contributed by atoms with E-state index in [2.05, 4.69) is 37.8 Å². The standard InChI is InChI=1S/C37H55N7O6/c1-7-16-40-35(49)30(45)26(20-23-13-14-23)41-34(48)29-25(22(2)3)15-19-44(29)36(50)31(37(4,5)6)43-33(47)28(24-11-9-8-10-12-24)42-32(46)27-21-38-17-18-39-27/h7,17-18,21-26,28-29,31H,1,8-16,19-20H2,2-6H3,(H,40,49)(H,41,48)(H,42,46)(H,43,47)/t25-,26?,28+,29+,31-/m1/s1. The van der Waals surface area contributed by atoms with E-state index in [1.165, 1.54) is 29.6 Å². The van der Waals surface area contributed by atoms with Gasteiger partial charge in [0.25, 0.3) is 11.8 Å². The number of carbonyl (C=O) groups is 6. The molecule has 1 saturated heterocycles. The Morgan fingerprint density at radius 3 is 2.24 bits per heavy atom. The largest absolute Gasteiger partial charge is 0.346 e. The average molecular weight is 694 g/mol. The van der Waals surface area contributed by atoms with E-state index in [0.717, 1.165) is 44.9 Å². The highest BCUT2D eigenvalue weighted by Gasteiger charge is 2.48. The Labute approximate surface area is 295 Å². The van der Waals surface area contributed by atoms with Crippen LogP contribution < -0.4 is 21.3 Å². The molecule has 13 nitrogen and oxygen atoms in total. The molecular formula is C37H55N7O6. The zero-order chi connectivity index (χ0) is 36.6. The number of hydrogen-bond acceptors (Lipinski definition) is 8. The van der Waals surface area contributed by atoms with Crippen molar-refractivity contribution in [3.8, 4) is 0 Å². The molecule has 1 aromatic heterocycles. The number of rotatable bonds is 15. The van der Waals surface area contributed by atoms with E-state index in [1.54, 1.807) is 0 Å². The molecule has 1 aromatic rings. The van der Waals surface area contributed by atoms with Crippen molar-refractivity contribution in [2.45, 2.75) is 117 Å². The van der Waals surface area contributed by atoms with Crippen molar-refractivity contribution < 1.29 is 28.8 Å². The molecule has 0 bridgehead atoms. The lowest BCUT2D eigenvalue weighted by molar-refractivity contribution is -0.146. The maximum Gasteiger partial charge on any atom is 0.289 e. The molecule has 0 aromatic carbocycles. The summed E-state index contributed by atoms with van der Waals surface area (Å²) in [4.78, 5) is 91.4. The Balaban J connectivity index is 1.57. The minimum Gasteiger partial charge on any atom is -0.346 e. The van der Waals surface area contributed by atoms with Gasteiger partial charge in [-0.3, -0.25) is 33.8 Å². The molecule has 5 atom stereocenters. The second-order valence-electron chi connectivity index (χ2n) is 15.5. The zero-order valence-corrected chi connectivity index (χ0v) is 30.2. The third kappa shape index (κ3) is 9.97. The first-order chi connectivity index (χ1) is 23.7. The fourth-order valence-electron chi connectivity index (χ4n) is 7.23. The molecule has 274 valence electrons. The summed E-state index contributed by atoms with van der Waals surface area (Å²) in [7, 11) is 0. The average Bonchev–Trinajstić information content (AvgIpc) is 3.80. The molecular weight excluding hydrogens is 638 g/mol. The van der Waals surface area contributed by atoms with Gasteiger partial charge in [0, 0.05) is 25.5 Å². The molecule has 2 aliphatic carbocycles. The third-order valence-corrected chi connectivity index (χ3v) is 10.3. The number of carbonyl (C=O) groups excluding carboxylic acids is 6. The molecule has 0 spiro atoms. The van der Waals surface area contributed by atoms with E-state index >= 15 is 0 Å². The summed E-state index contributed by atoms with van der Waals surface area (Å²) in [5, 5.41) is 11.2. The predicted molar refractivity (Wildman–Crippen MR) is 187 cm³/mol. The Morgan fingerprint density at radius 2 is 1.66 bits per heavy atom.